The van der Waals surface area contributed by atoms with E-state index in [4.69, 9.17) is 17.0 Å². The fourth-order valence-corrected chi connectivity index (χ4v) is 8.87. The standard InChI is InChI=1S/2C24H27.C2H6Si.2ClH.Zr/c2*1-4-8-24(9-10-24)16-19-14-20-6-5-7-22(23(20)15-19)21-12-17(2)11-18(3)13-21;1-3-2;;;/h2*5-7,11-15H,4,8-10,16H2,1-3H3;1-2H3;2*1H;/q2*-1;;;;+4/p-2. The van der Waals surface area contributed by atoms with Crippen LogP contribution in [0.5, 0.6) is 0 Å². The SMILES string of the molecule is CCCC1(Cc2cc3c(-c4cc(C)cc(C)c4)cccc3[cH-]2)CC1.CCCC1(Cc2cc3c(-c4cc(C)cc(C)c4)cccc3[cH-]2)CC1.C[Si]C.[Cl][Zr+2][Cl]. The van der Waals surface area contributed by atoms with Gasteiger partial charge in [-0.1, -0.05) is 122 Å². The molecule has 0 spiro atoms. The van der Waals surface area contributed by atoms with Crippen LogP contribution in [0.25, 0.3) is 43.8 Å². The summed E-state index contributed by atoms with van der Waals surface area (Å²) in [5, 5.41) is 5.64. The summed E-state index contributed by atoms with van der Waals surface area (Å²) < 4.78 is 0. The maximum atomic E-state index is 4.93. The Kier molecular flexibility index (Phi) is 15.7. The number of fused-ring (bicyclic) bond motifs is 2. The molecule has 54 heavy (non-hydrogen) atoms. The molecule has 2 aliphatic rings. The molecule has 2 saturated carbocycles. The van der Waals surface area contributed by atoms with E-state index in [-0.39, 0.29) is 0 Å². The molecule has 0 atom stereocenters. The van der Waals surface area contributed by atoms with Crippen molar-refractivity contribution in [2.75, 3.05) is 0 Å². The summed E-state index contributed by atoms with van der Waals surface area (Å²) in [6, 6.07) is 37.0. The van der Waals surface area contributed by atoms with Gasteiger partial charge >= 0.3 is 37.9 Å². The van der Waals surface area contributed by atoms with Gasteiger partial charge in [-0.2, -0.15) is 12.1 Å². The minimum absolute atomic E-state index is 0.624. The second-order valence-electron chi connectivity index (χ2n) is 16.5. The van der Waals surface area contributed by atoms with Crippen molar-refractivity contribution in [3.63, 3.8) is 0 Å². The Labute approximate surface area is 348 Å². The summed E-state index contributed by atoms with van der Waals surface area (Å²) in [5.41, 5.74) is 15.1. The Balaban J connectivity index is 0.000000182. The Morgan fingerprint density at radius 2 is 0.907 bits per heavy atom. The average Bonchev–Trinajstić information content (AvgIpc) is 3.95. The van der Waals surface area contributed by atoms with Crippen LogP contribution in [0.2, 0.25) is 13.1 Å². The van der Waals surface area contributed by atoms with E-state index in [1.165, 1.54) is 141 Å². The average molecular weight is 851 g/mol. The molecule has 0 unspecified atom stereocenters. The van der Waals surface area contributed by atoms with Crippen molar-refractivity contribution in [3.8, 4) is 22.3 Å². The summed E-state index contributed by atoms with van der Waals surface area (Å²) in [4.78, 5) is 0. The molecule has 2 radical (unpaired) electrons. The van der Waals surface area contributed by atoms with Crippen LogP contribution >= 0.6 is 17.0 Å². The number of rotatable bonds is 10. The second-order valence-corrected chi connectivity index (χ2v) is 21.3. The number of hydrogen-bond acceptors (Lipinski definition) is 0. The van der Waals surface area contributed by atoms with Gasteiger partial charge in [0.2, 0.25) is 0 Å². The quantitative estimate of drug-likeness (QED) is 0.0951. The fraction of sp³-hybridized carbons (Fsp3) is 0.400. The van der Waals surface area contributed by atoms with Crippen LogP contribution in [-0.2, 0) is 33.7 Å². The Morgan fingerprint density at radius 1 is 0.574 bits per heavy atom. The van der Waals surface area contributed by atoms with Crippen LogP contribution in [-0.4, -0.2) is 9.52 Å². The summed E-state index contributed by atoms with van der Waals surface area (Å²) in [7, 11) is 11.0. The zero-order valence-corrected chi connectivity index (χ0v) is 39.0. The molecule has 0 heterocycles. The van der Waals surface area contributed by atoms with Crippen molar-refractivity contribution in [1.82, 2.24) is 0 Å². The molecule has 2 fully saturated rings. The predicted molar refractivity (Wildman–Crippen MR) is 239 cm³/mol. The maximum absolute atomic E-state index is 4.93. The van der Waals surface area contributed by atoms with Gasteiger partial charge < -0.3 is 0 Å². The van der Waals surface area contributed by atoms with Crippen molar-refractivity contribution in [3.05, 3.63) is 130 Å². The van der Waals surface area contributed by atoms with Gasteiger partial charge in [0, 0.05) is 9.52 Å². The van der Waals surface area contributed by atoms with Crippen LogP contribution in [0.15, 0.2) is 97.1 Å². The molecular weight excluding hydrogens is 791 g/mol. The monoisotopic (exact) mass is 848 g/mol. The molecule has 0 aromatic heterocycles. The summed E-state index contributed by atoms with van der Waals surface area (Å²) in [5.74, 6) is 0. The molecule has 6 aromatic carbocycles. The molecule has 0 nitrogen and oxygen atoms in total. The van der Waals surface area contributed by atoms with E-state index in [2.05, 4.69) is 152 Å². The minimum atomic E-state index is -0.826. The molecule has 8 rings (SSSR count). The molecule has 4 heteroatoms. The first-order chi connectivity index (χ1) is 26.0. The molecule has 282 valence electrons. The van der Waals surface area contributed by atoms with Crippen LogP contribution in [0, 0.1) is 38.5 Å². The van der Waals surface area contributed by atoms with Gasteiger partial charge in [-0.25, -0.2) is 0 Å². The van der Waals surface area contributed by atoms with Crippen molar-refractivity contribution >= 4 is 48.1 Å². The zero-order valence-electron chi connectivity index (χ0n) is 34.1. The van der Waals surface area contributed by atoms with E-state index in [0.717, 1.165) is 9.52 Å². The first-order valence-corrected chi connectivity index (χ1v) is 28.4. The van der Waals surface area contributed by atoms with Crippen molar-refractivity contribution in [2.24, 2.45) is 10.8 Å². The van der Waals surface area contributed by atoms with Crippen molar-refractivity contribution in [2.45, 2.75) is 119 Å². The topological polar surface area (TPSA) is 0 Å². The Morgan fingerprint density at radius 3 is 1.20 bits per heavy atom. The summed E-state index contributed by atoms with van der Waals surface area (Å²) >= 11 is -0.826. The van der Waals surface area contributed by atoms with Gasteiger partial charge in [-0.05, 0) is 101 Å². The fourth-order valence-electron chi connectivity index (χ4n) is 8.87. The van der Waals surface area contributed by atoms with Gasteiger partial charge in [-0.3, -0.25) is 0 Å². The Bertz CT molecular complexity index is 1920. The molecular formula is C50H60Cl2SiZr. The first-order valence-electron chi connectivity index (χ1n) is 20.1. The third-order valence-corrected chi connectivity index (χ3v) is 11.3. The van der Waals surface area contributed by atoms with E-state index in [9.17, 15) is 0 Å². The van der Waals surface area contributed by atoms with E-state index in [1.54, 1.807) is 0 Å². The molecule has 0 amide bonds. The third kappa shape index (κ3) is 11.4. The van der Waals surface area contributed by atoms with Gasteiger partial charge in [-0.15, -0.1) is 69.1 Å². The van der Waals surface area contributed by atoms with E-state index < -0.39 is 20.8 Å². The van der Waals surface area contributed by atoms with Gasteiger partial charge in [0.05, 0.1) is 0 Å². The van der Waals surface area contributed by atoms with E-state index >= 15 is 0 Å². The third-order valence-electron chi connectivity index (χ3n) is 11.3. The van der Waals surface area contributed by atoms with E-state index in [0.29, 0.717) is 10.8 Å². The van der Waals surface area contributed by atoms with Crippen LogP contribution in [0.3, 0.4) is 0 Å². The van der Waals surface area contributed by atoms with Crippen LogP contribution < -0.4 is 0 Å². The normalized spacial score (nSPS) is 14.6. The van der Waals surface area contributed by atoms with Gasteiger partial charge in [0.25, 0.3) is 0 Å². The first kappa shape index (κ1) is 42.9. The number of aryl methyl sites for hydroxylation is 4. The molecule has 0 saturated heterocycles. The second kappa shape index (κ2) is 19.8. The zero-order chi connectivity index (χ0) is 38.9. The number of halogens is 2. The summed E-state index contributed by atoms with van der Waals surface area (Å²) in [6.07, 6.45) is 13.6. The van der Waals surface area contributed by atoms with Crippen LogP contribution in [0.1, 0.15) is 98.6 Å². The van der Waals surface area contributed by atoms with Gasteiger partial charge in [0.15, 0.2) is 0 Å². The molecule has 6 aromatic rings. The molecule has 2 aliphatic carbocycles. The van der Waals surface area contributed by atoms with Gasteiger partial charge in [0.1, 0.15) is 0 Å². The summed E-state index contributed by atoms with van der Waals surface area (Å²) in [6.45, 7) is 17.7. The molecule has 0 bridgehead atoms. The number of hydrogen-bond donors (Lipinski definition) is 0. The number of benzene rings is 4. The Hall–Kier alpha value is -2.22. The predicted octanol–water partition coefficient (Wildman–Crippen LogP) is 16.1. The van der Waals surface area contributed by atoms with Crippen LogP contribution in [0.4, 0.5) is 0 Å². The van der Waals surface area contributed by atoms with E-state index in [1.807, 2.05) is 0 Å². The molecule has 0 N–H and O–H groups in total. The van der Waals surface area contributed by atoms with Crippen molar-refractivity contribution < 1.29 is 20.8 Å². The van der Waals surface area contributed by atoms with Crippen molar-refractivity contribution in [1.29, 1.82) is 0 Å². The molecule has 0 aliphatic heterocycles.